The molecule has 5 nitrogen and oxygen atoms in total. The Hall–Kier alpha value is -0.810. The number of rotatable bonds is 7. The van der Waals surface area contributed by atoms with E-state index in [-0.39, 0.29) is 12.1 Å². The van der Waals surface area contributed by atoms with Crippen LogP contribution in [0.1, 0.15) is 19.8 Å². The number of nitrogens with one attached hydrogen (secondary N) is 2. The molecular weight excluding hydrogens is 182 g/mol. The van der Waals surface area contributed by atoms with E-state index in [4.69, 9.17) is 10.5 Å². The quantitative estimate of drug-likeness (QED) is 0.512. The zero-order chi connectivity index (χ0) is 10.8. The topological polar surface area (TPSA) is 76.4 Å². The van der Waals surface area contributed by atoms with Crippen LogP contribution in [0.5, 0.6) is 0 Å². The number of hydrogen-bond acceptors (Lipinski definition) is 3. The predicted molar refractivity (Wildman–Crippen MR) is 56.2 cm³/mol. The van der Waals surface area contributed by atoms with Crippen molar-refractivity contribution in [3.05, 3.63) is 0 Å². The van der Waals surface area contributed by atoms with E-state index in [1.165, 1.54) is 0 Å². The van der Waals surface area contributed by atoms with Crippen LogP contribution in [0.15, 0.2) is 0 Å². The minimum atomic E-state index is -0.175. The van der Waals surface area contributed by atoms with Crippen molar-refractivity contribution in [2.75, 3.05) is 26.8 Å². The third-order valence-electron chi connectivity index (χ3n) is 1.80. The highest BCUT2D eigenvalue weighted by atomic mass is 16.5. The van der Waals surface area contributed by atoms with Gasteiger partial charge in [0, 0.05) is 20.2 Å². The highest BCUT2D eigenvalue weighted by molar-refractivity contribution is 5.74. The van der Waals surface area contributed by atoms with E-state index >= 15 is 0 Å². The average molecular weight is 203 g/mol. The van der Waals surface area contributed by atoms with Gasteiger partial charge in [0.2, 0.25) is 0 Å². The lowest BCUT2D eigenvalue weighted by Gasteiger charge is -2.16. The number of amides is 2. The maximum Gasteiger partial charge on any atom is 0.315 e. The van der Waals surface area contributed by atoms with Crippen LogP contribution in [0.3, 0.4) is 0 Å². The molecule has 0 heterocycles. The van der Waals surface area contributed by atoms with Gasteiger partial charge in [-0.25, -0.2) is 4.79 Å². The lowest BCUT2D eigenvalue weighted by atomic mass is 10.3. The maximum absolute atomic E-state index is 11.2. The Bertz CT molecular complexity index is 153. The van der Waals surface area contributed by atoms with Crippen LogP contribution in [-0.4, -0.2) is 38.9 Å². The number of hydrogen-bond donors (Lipinski definition) is 3. The predicted octanol–water partition coefficient (Wildman–Crippen LogP) is 0.0594. The molecule has 0 rings (SSSR count). The Morgan fingerprint density at radius 3 is 2.79 bits per heavy atom. The lowest BCUT2D eigenvalue weighted by Crippen LogP contribution is -2.47. The number of methoxy groups -OCH3 is 1. The second-order valence-electron chi connectivity index (χ2n) is 3.14. The first-order valence-corrected chi connectivity index (χ1v) is 4.98. The van der Waals surface area contributed by atoms with Crippen LogP contribution in [0.4, 0.5) is 4.79 Å². The summed E-state index contributed by atoms with van der Waals surface area (Å²) < 4.78 is 4.90. The summed E-state index contributed by atoms with van der Waals surface area (Å²) in [4.78, 5) is 11.2. The first-order chi connectivity index (χ1) is 6.74. The third-order valence-corrected chi connectivity index (χ3v) is 1.80. The van der Waals surface area contributed by atoms with Crippen molar-refractivity contribution in [2.45, 2.75) is 25.8 Å². The van der Waals surface area contributed by atoms with Crippen molar-refractivity contribution in [3.63, 3.8) is 0 Å². The van der Waals surface area contributed by atoms with E-state index in [2.05, 4.69) is 17.6 Å². The molecule has 1 unspecified atom stereocenters. The fraction of sp³-hybridized carbons (Fsp3) is 0.889. The molecular formula is C9H21N3O2. The van der Waals surface area contributed by atoms with E-state index < -0.39 is 0 Å². The Kier molecular flexibility index (Phi) is 8.27. The van der Waals surface area contributed by atoms with E-state index in [0.717, 1.165) is 12.8 Å². The van der Waals surface area contributed by atoms with Crippen molar-refractivity contribution in [1.29, 1.82) is 0 Å². The van der Waals surface area contributed by atoms with Gasteiger partial charge in [-0.2, -0.15) is 0 Å². The summed E-state index contributed by atoms with van der Waals surface area (Å²) in [5.41, 5.74) is 5.44. The van der Waals surface area contributed by atoms with E-state index in [1.807, 2.05) is 0 Å². The van der Waals surface area contributed by atoms with Crippen LogP contribution in [-0.2, 0) is 4.74 Å². The van der Waals surface area contributed by atoms with Crippen LogP contribution in [0.25, 0.3) is 0 Å². The van der Waals surface area contributed by atoms with Crippen molar-refractivity contribution in [3.8, 4) is 0 Å². The summed E-state index contributed by atoms with van der Waals surface area (Å²) >= 11 is 0. The van der Waals surface area contributed by atoms with Gasteiger partial charge in [0.15, 0.2) is 0 Å². The minimum Gasteiger partial charge on any atom is -0.383 e. The van der Waals surface area contributed by atoms with E-state index in [0.29, 0.717) is 19.7 Å². The van der Waals surface area contributed by atoms with Gasteiger partial charge in [-0.3, -0.25) is 0 Å². The van der Waals surface area contributed by atoms with Crippen LogP contribution < -0.4 is 16.4 Å². The smallest absolute Gasteiger partial charge is 0.315 e. The minimum absolute atomic E-state index is 0.110. The molecule has 5 heteroatoms. The van der Waals surface area contributed by atoms with Crippen LogP contribution >= 0.6 is 0 Å². The average Bonchev–Trinajstić information content (AvgIpc) is 2.17. The summed E-state index contributed by atoms with van der Waals surface area (Å²) in [6, 6.07) is -0.285. The normalized spacial score (nSPS) is 12.2. The number of carbonyl (C=O) groups excluding carboxylic acids is 1. The van der Waals surface area contributed by atoms with Crippen molar-refractivity contribution in [2.24, 2.45) is 5.73 Å². The Morgan fingerprint density at radius 1 is 1.57 bits per heavy atom. The molecule has 0 aliphatic rings. The molecule has 0 aromatic heterocycles. The number of nitrogens with two attached hydrogens (primary N) is 1. The molecule has 0 aromatic carbocycles. The Balaban J connectivity index is 3.56. The van der Waals surface area contributed by atoms with Crippen molar-refractivity contribution < 1.29 is 9.53 Å². The number of carbonyl (C=O) groups is 1. The highest BCUT2D eigenvalue weighted by Gasteiger charge is 2.08. The van der Waals surface area contributed by atoms with Gasteiger partial charge in [0.05, 0.1) is 12.6 Å². The van der Waals surface area contributed by atoms with Gasteiger partial charge in [0.1, 0.15) is 0 Å². The molecule has 0 radical (unpaired) electrons. The molecule has 0 saturated carbocycles. The summed E-state index contributed by atoms with van der Waals surface area (Å²) in [7, 11) is 1.58. The fourth-order valence-electron chi connectivity index (χ4n) is 0.985. The van der Waals surface area contributed by atoms with E-state index in [1.54, 1.807) is 7.11 Å². The highest BCUT2D eigenvalue weighted by Crippen LogP contribution is 1.84. The molecule has 0 saturated heterocycles. The summed E-state index contributed by atoms with van der Waals surface area (Å²) in [5.74, 6) is 0. The van der Waals surface area contributed by atoms with Crippen LogP contribution in [0.2, 0.25) is 0 Å². The van der Waals surface area contributed by atoms with Gasteiger partial charge in [-0.15, -0.1) is 0 Å². The van der Waals surface area contributed by atoms with Gasteiger partial charge in [-0.1, -0.05) is 13.3 Å². The van der Waals surface area contributed by atoms with Gasteiger partial charge in [0.25, 0.3) is 0 Å². The molecule has 4 N–H and O–H groups in total. The zero-order valence-electron chi connectivity index (χ0n) is 9.01. The molecule has 0 bridgehead atoms. The molecule has 14 heavy (non-hydrogen) atoms. The standard InChI is InChI=1S/C9H21N3O2/c1-3-4-5-11-9(13)12-8(6-10)7-14-2/h8H,3-7,10H2,1-2H3,(H2,11,12,13). The first kappa shape index (κ1) is 13.2. The first-order valence-electron chi connectivity index (χ1n) is 4.98. The summed E-state index contributed by atoms with van der Waals surface area (Å²) in [6.07, 6.45) is 2.06. The van der Waals surface area contributed by atoms with Gasteiger partial charge >= 0.3 is 6.03 Å². The zero-order valence-corrected chi connectivity index (χ0v) is 9.01. The van der Waals surface area contributed by atoms with Crippen molar-refractivity contribution >= 4 is 6.03 Å². The largest absolute Gasteiger partial charge is 0.383 e. The van der Waals surface area contributed by atoms with Gasteiger partial charge in [-0.05, 0) is 6.42 Å². The van der Waals surface area contributed by atoms with Crippen molar-refractivity contribution in [1.82, 2.24) is 10.6 Å². The Labute approximate surface area is 85.4 Å². The van der Waals surface area contributed by atoms with Gasteiger partial charge < -0.3 is 21.1 Å². The SMILES string of the molecule is CCCCNC(=O)NC(CN)COC. The molecule has 0 spiro atoms. The number of unbranched alkanes of at least 4 members (excludes halogenated alkanes) is 1. The fourth-order valence-corrected chi connectivity index (χ4v) is 0.985. The summed E-state index contributed by atoms with van der Waals surface area (Å²) in [5, 5.41) is 5.47. The monoisotopic (exact) mass is 203 g/mol. The summed E-state index contributed by atoms with van der Waals surface area (Å²) in [6.45, 7) is 3.60. The molecule has 1 atom stereocenters. The number of ether oxygens (including phenoxy) is 1. The lowest BCUT2D eigenvalue weighted by molar-refractivity contribution is 0.167. The third kappa shape index (κ3) is 6.68. The van der Waals surface area contributed by atoms with Crippen LogP contribution in [0, 0.1) is 0 Å². The molecule has 84 valence electrons. The number of urea groups is 1. The molecule has 0 fully saturated rings. The second kappa shape index (κ2) is 8.77. The molecule has 0 aromatic rings. The van der Waals surface area contributed by atoms with E-state index in [9.17, 15) is 4.79 Å². The molecule has 0 aliphatic heterocycles. The molecule has 2 amide bonds. The second-order valence-corrected chi connectivity index (χ2v) is 3.14. The molecule has 0 aliphatic carbocycles. The Morgan fingerprint density at radius 2 is 2.29 bits per heavy atom. The maximum atomic E-state index is 11.2.